The maximum atomic E-state index is 12.2. The summed E-state index contributed by atoms with van der Waals surface area (Å²) in [6.07, 6.45) is 2.44. The number of ether oxygens (including phenoxy) is 1. The molecule has 0 bridgehead atoms. The second-order valence-electron chi connectivity index (χ2n) is 6.88. The lowest BCUT2D eigenvalue weighted by atomic mass is 10.1. The third kappa shape index (κ3) is 9.46. The molecule has 1 aromatic carbocycles. The van der Waals surface area contributed by atoms with Gasteiger partial charge in [-0.05, 0) is 37.0 Å². The van der Waals surface area contributed by atoms with Crippen molar-refractivity contribution < 1.29 is 14.3 Å². The van der Waals surface area contributed by atoms with E-state index in [2.05, 4.69) is 25.6 Å². The van der Waals surface area contributed by atoms with Crippen LogP contribution in [0, 0.1) is 0 Å². The largest absolute Gasteiger partial charge is 0.484 e. The van der Waals surface area contributed by atoms with Gasteiger partial charge in [0.05, 0.1) is 0 Å². The Hall–Kier alpha value is -3.64. The zero-order valence-electron chi connectivity index (χ0n) is 18.0. The second kappa shape index (κ2) is 14.5. The number of hydrogen-bond donors (Lipinski definition) is 6. The molecule has 1 heterocycles. The number of unbranched alkanes of at least 4 members (excludes halogenated alkanes) is 1. The van der Waals surface area contributed by atoms with Crippen molar-refractivity contribution in [3.05, 3.63) is 40.7 Å². The Morgan fingerprint density at radius 1 is 1.09 bits per heavy atom. The lowest BCUT2D eigenvalue weighted by Gasteiger charge is -2.08. The molecule has 1 aromatic heterocycles. The van der Waals surface area contributed by atoms with Crippen LogP contribution in [0.1, 0.15) is 36.3 Å². The van der Waals surface area contributed by atoms with Crippen molar-refractivity contribution in [2.75, 3.05) is 37.7 Å². The molecule has 0 saturated heterocycles. The zero-order valence-corrected chi connectivity index (χ0v) is 18.8. The first-order chi connectivity index (χ1) is 15.8. The first-order valence-electron chi connectivity index (χ1n) is 10.2. The van der Waals surface area contributed by atoms with Crippen molar-refractivity contribution in [2.45, 2.75) is 26.7 Å². The van der Waals surface area contributed by atoms with E-state index in [0.717, 1.165) is 24.8 Å². The van der Waals surface area contributed by atoms with E-state index in [4.69, 9.17) is 39.3 Å². The van der Waals surface area contributed by atoms with E-state index in [1.807, 2.05) is 24.3 Å². The van der Waals surface area contributed by atoms with E-state index in [0.29, 0.717) is 25.4 Å². The molecule has 0 aliphatic heterocycles. The van der Waals surface area contributed by atoms with Crippen molar-refractivity contribution in [3.8, 4) is 5.75 Å². The van der Waals surface area contributed by atoms with Gasteiger partial charge in [0.2, 0.25) is 0 Å². The number of benzene rings is 1. The number of halogens is 1. The SMILES string of the molecule is C.NCCNC(=O)COc1ccc(CCCCN=C(N)NC(=O)c2nc(Cl)c(N)nc2N)cc1. The number of anilines is 2. The summed E-state index contributed by atoms with van der Waals surface area (Å²) < 4.78 is 5.42. The highest BCUT2D eigenvalue weighted by molar-refractivity contribution is 6.31. The van der Waals surface area contributed by atoms with Crippen LogP contribution < -0.4 is 38.3 Å². The molecule has 34 heavy (non-hydrogen) atoms. The number of nitrogens with zero attached hydrogens (tertiary/aromatic N) is 3. The van der Waals surface area contributed by atoms with Crippen LogP contribution in [0.5, 0.6) is 5.75 Å². The smallest absolute Gasteiger partial charge is 0.280 e. The molecule has 0 unspecified atom stereocenters. The molecule has 2 amide bonds. The van der Waals surface area contributed by atoms with Gasteiger partial charge < -0.3 is 33.0 Å². The van der Waals surface area contributed by atoms with Gasteiger partial charge >= 0.3 is 0 Å². The van der Waals surface area contributed by atoms with Gasteiger partial charge in [0, 0.05) is 19.6 Å². The highest BCUT2D eigenvalue weighted by Gasteiger charge is 2.16. The summed E-state index contributed by atoms with van der Waals surface area (Å²) >= 11 is 5.77. The molecule has 13 heteroatoms. The number of carbonyl (C=O) groups excluding carboxylic acids is 2. The van der Waals surface area contributed by atoms with Gasteiger partial charge in [-0.3, -0.25) is 19.9 Å². The fourth-order valence-electron chi connectivity index (χ4n) is 2.63. The predicted molar refractivity (Wildman–Crippen MR) is 133 cm³/mol. The summed E-state index contributed by atoms with van der Waals surface area (Å²) in [7, 11) is 0. The Balaban J connectivity index is 0.00000578. The average molecular weight is 494 g/mol. The quantitative estimate of drug-likeness (QED) is 0.145. The molecule has 0 atom stereocenters. The number of aromatic nitrogens is 2. The molecular formula is C21H32ClN9O3. The number of amides is 2. The maximum absolute atomic E-state index is 12.2. The third-order valence-corrected chi connectivity index (χ3v) is 4.56. The van der Waals surface area contributed by atoms with Crippen LogP contribution >= 0.6 is 11.6 Å². The van der Waals surface area contributed by atoms with Crippen LogP contribution in [0.3, 0.4) is 0 Å². The van der Waals surface area contributed by atoms with Crippen molar-refractivity contribution >= 4 is 41.0 Å². The fourth-order valence-corrected chi connectivity index (χ4v) is 2.75. The number of rotatable bonds is 11. The number of carbonyl (C=O) groups is 2. The number of nitrogens with two attached hydrogens (primary N) is 4. The molecule has 12 nitrogen and oxygen atoms in total. The third-order valence-electron chi connectivity index (χ3n) is 4.28. The highest BCUT2D eigenvalue weighted by atomic mass is 35.5. The number of hydrogen-bond acceptors (Lipinski definition) is 9. The van der Waals surface area contributed by atoms with Gasteiger partial charge in [-0.1, -0.05) is 31.2 Å². The Labute approximate surface area is 203 Å². The normalized spacial score (nSPS) is 10.8. The standard InChI is InChI=1S/C20H28ClN9O3.CH4/c21-16-18(24)29-17(23)15(28-16)19(32)30-20(25)27-9-2-1-3-12-4-6-13(7-5-12)33-11-14(31)26-10-8-22;/h4-7H,1-3,8-11,22H2,(H,26,31)(H4,23,24,29)(H3,25,27,30,32);1H4. The molecule has 0 aliphatic carbocycles. The van der Waals surface area contributed by atoms with Crippen LogP contribution in [-0.4, -0.2) is 54.0 Å². The van der Waals surface area contributed by atoms with Crippen LogP contribution in [-0.2, 0) is 11.2 Å². The number of aryl methyl sites for hydroxylation is 1. The molecule has 10 N–H and O–H groups in total. The number of aliphatic imine (C=N–C) groups is 1. The van der Waals surface area contributed by atoms with Crippen molar-refractivity contribution in [3.63, 3.8) is 0 Å². The first kappa shape index (κ1) is 28.4. The molecule has 2 rings (SSSR count). The van der Waals surface area contributed by atoms with E-state index in [1.165, 1.54) is 0 Å². The van der Waals surface area contributed by atoms with Crippen LogP contribution in [0.25, 0.3) is 0 Å². The first-order valence-corrected chi connectivity index (χ1v) is 10.6. The molecule has 0 aliphatic rings. The molecule has 0 saturated carbocycles. The zero-order chi connectivity index (χ0) is 24.2. The van der Waals surface area contributed by atoms with Crippen molar-refractivity contribution in [1.82, 2.24) is 20.6 Å². The molecule has 0 radical (unpaired) electrons. The van der Waals surface area contributed by atoms with Gasteiger partial charge in [0.1, 0.15) is 5.75 Å². The minimum Gasteiger partial charge on any atom is -0.484 e. The van der Waals surface area contributed by atoms with E-state index in [1.54, 1.807) is 0 Å². The second-order valence-corrected chi connectivity index (χ2v) is 7.24. The van der Waals surface area contributed by atoms with E-state index in [-0.39, 0.29) is 48.4 Å². The lowest BCUT2D eigenvalue weighted by Crippen LogP contribution is -2.38. The Bertz CT molecular complexity index is 984. The molecule has 186 valence electrons. The minimum absolute atomic E-state index is 0. The molecule has 0 fully saturated rings. The number of nitrogen functional groups attached to an aromatic ring is 2. The Morgan fingerprint density at radius 2 is 1.79 bits per heavy atom. The van der Waals surface area contributed by atoms with E-state index < -0.39 is 5.91 Å². The van der Waals surface area contributed by atoms with E-state index in [9.17, 15) is 9.59 Å². The average Bonchev–Trinajstić information content (AvgIpc) is 2.79. The van der Waals surface area contributed by atoms with Gasteiger partial charge in [-0.15, -0.1) is 0 Å². The van der Waals surface area contributed by atoms with Crippen LogP contribution in [0.2, 0.25) is 5.15 Å². The highest BCUT2D eigenvalue weighted by Crippen LogP contribution is 2.17. The summed E-state index contributed by atoms with van der Waals surface area (Å²) in [5.74, 6) is -0.570. The van der Waals surface area contributed by atoms with Crippen molar-refractivity contribution in [1.29, 1.82) is 0 Å². The maximum Gasteiger partial charge on any atom is 0.280 e. The van der Waals surface area contributed by atoms with Gasteiger partial charge in [0.25, 0.3) is 11.8 Å². The summed E-state index contributed by atoms with van der Waals surface area (Å²) in [6.45, 7) is 1.18. The monoisotopic (exact) mass is 493 g/mol. The van der Waals surface area contributed by atoms with Gasteiger partial charge in [-0.2, -0.15) is 0 Å². The summed E-state index contributed by atoms with van der Waals surface area (Å²) in [4.78, 5) is 35.3. The minimum atomic E-state index is -0.678. The molecule has 0 spiro atoms. The lowest BCUT2D eigenvalue weighted by molar-refractivity contribution is -0.123. The van der Waals surface area contributed by atoms with Gasteiger partial charge in [-0.25, -0.2) is 9.97 Å². The van der Waals surface area contributed by atoms with Crippen molar-refractivity contribution in [2.24, 2.45) is 16.5 Å². The molecule has 2 aromatic rings. The number of nitrogens with one attached hydrogen (secondary N) is 2. The summed E-state index contributed by atoms with van der Waals surface area (Å²) in [5, 5.41) is 4.89. The topological polar surface area (TPSA) is 210 Å². The van der Waals surface area contributed by atoms with Crippen LogP contribution in [0.15, 0.2) is 29.3 Å². The Kier molecular flexibility index (Phi) is 12.1. The Morgan fingerprint density at radius 3 is 2.47 bits per heavy atom. The number of guanidine groups is 1. The predicted octanol–water partition coefficient (Wildman–Crippen LogP) is 0.452. The van der Waals surface area contributed by atoms with Crippen LogP contribution in [0.4, 0.5) is 11.6 Å². The fraction of sp³-hybridized carbons (Fsp3) is 0.381. The van der Waals surface area contributed by atoms with E-state index >= 15 is 0 Å². The van der Waals surface area contributed by atoms with Gasteiger partial charge in [0.15, 0.2) is 35.0 Å². The molecular weight excluding hydrogens is 462 g/mol. The summed E-state index contributed by atoms with van der Waals surface area (Å²) in [5.41, 5.74) is 23.1. The summed E-state index contributed by atoms with van der Waals surface area (Å²) in [6, 6.07) is 7.51.